The van der Waals surface area contributed by atoms with Gasteiger partial charge in [0.05, 0.1) is 23.0 Å². The van der Waals surface area contributed by atoms with E-state index in [0.717, 1.165) is 26.6 Å². The highest BCUT2D eigenvalue weighted by Gasteiger charge is 2.08. The van der Waals surface area contributed by atoms with Crippen molar-refractivity contribution < 1.29 is 4.74 Å². The number of fused-ring (bicyclic) bond motifs is 1. The third-order valence-electron chi connectivity index (χ3n) is 3.04. The molecule has 2 aromatic carbocycles. The lowest BCUT2D eigenvalue weighted by molar-refractivity contribution is 0.415. The predicted octanol–water partition coefficient (Wildman–Crippen LogP) is 5.12. The molecule has 0 aliphatic rings. The van der Waals surface area contributed by atoms with E-state index < -0.39 is 0 Å². The summed E-state index contributed by atoms with van der Waals surface area (Å²) >= 11 is 5.18. The summed E-state index contributed by atoms with van der Waals surface area (Å²) in [6, 6.07) is 12.0. The zero-order valence-electron chi connectivity index (χ0n) is 11.1. The van der Waals surface area contributed by atoms with Crippen LogP contribution in [0.1, 0.15) is 5.56 Å². The molecule has 0 fully saturated rings. The quantitative estimate of drug-likeness (QED) is 0.713. The van der Waals surface area contributed by atoms with Crippen molar-refractivity contribution >= 4 is 48.3 Å². The van der Waals surface area contributed by atoms with Crippen molar-refractivity contribution in [2.45, 2.75) is 6.92 Å². The van der Waals surface area contributed by atoms with E-state index >= 15 is 0 Å². The maximum absolute atomic E-state index is 5.25. The summed E-state index contributed by atoms with van der Waals surface area (Å²) in [6.07, 6.45) is 0. The van der Waals surface area contributed by atoms with E-state index in [0.29, 0.717) is 0 Å². The molecular formula is C15H13BrN2OS. The molecule has 0 saturated carbocycles. The van der Waals surface area contributed by atoms with Crippen molar-refractivity contribution in [3.8, 4) is 5.75 Å². The number of ether oxygens (including phenoxy) is 1. The van der Waals surface area contributed by atoms with Gasteiger partial charge in [-0.3, -0.25) is 0 Å². The number of rotatable bonds is 3. The van der Waals surface area contributed by atoms with E-state index in [9.17, 15) is 0 Å². The van der Waals surface area contributed by atoms with Crippen LogP contribution in [0.25, 0.3) is 10.2 Å². The van der Waals surface area contributed by atoms with Gasteiger partial charge in [0, 0.05) is 10.5 Å². The standard InChI is InChI=1S/C15H13BrN2OS/c1-9-4-3-5-13-14(9)18-15(20-13)17-12-8-10(19-2)6-7-11(12)16/h3-8H,1-2H3,(H,17,18). The summed E-state index contributed by atoms with van der Waals surface area (Å²) in [5.74, 6) is 0.813. The van der Waals surface area contributed by atoms with Crippen molar-refractivity contribution in [2.24, 2.45) is 0 Å². The number of hydrogen-bond acceptors (Lipinski definition) is 4. The molecule has 3 rings (SSSR count). The Balaban J connectivity index is 1.99. The smallest absolute Gasteiger partial charge is 0.188 e. The molecular weight excluding hydrogens is 336 g/mol. The number of aromatic nitrogens is 1. The summed E-state index contributed by atoms with van der Waals surface area (Å²) < 4.78 is 7.42. The number of anilines is 2. The van der Waals surface area contributed by atoms with E-state index in [4.69, 9.17) is 4.74 Å². The minimum absolute atomic E-state index is 0.813. The normalized spacial score (nSPS) is 10.8. The molecule has 0 unspecified atom stereocenters. The van der Waals surface area contributed by atoms with Gasteiger partial charge in [0.2, 0.25) is 0 Å². The third-order valence-corrected chi connectivity index (χ3v) is 4.66. The summed E-state index contributed by atoms with van der Waals surface area (Å²) in [5, 5.41) is 4.22. The number of aryl methyl sites for hydroxylation is 1. The van der Waals surface area contributed by atoms with Gasteiger partial charge in [0.1, 0.15) is 5.75 Å². The molecule has 3 nitrogen and oxygen atoms in total. The third kappa shape index (κ3) is 2.51. The number of benzene rings is 2. The van der Waals surface area contributed by atoms with Crippen molar-refractivity contribution in [3.05, 3.63) is 46.4 Å². The topological polar surface area (TPSA) is 34.1 Å². The molecule has 0 spiro atoms. The van der Waals surface area contributed by atoms with Gasteiger partial charge < -0.3 is 10.1 Å². The first kappa shape index (κ1) is 13.4. The van der Waals surface area contributed by atoms with Gasteiger partial charge in [0.15, 0.2) is 5.13 Å². The number of halogens is 1. The Hall–Kier alpha value is -1.59. The van der Waals surface area contributed by atoms with Crippen LogP contribution in [0.15, 0.2) is 40.9 Å². The highest BCUT2D eigenvalue weighted by molar-refractivity contribution is 9.10. The number of methoxy groups -OCH3 is 1. The second-order valence-electron chi connectivity index (χ2n) is 4.41. The number of para-hydroxylation sites is 1. The van der Waals surface area contributed by atoms with Crippen LogP contribution >= 0.6 is 27.3 Å². The van der Waals surface area contributed by atoms with Crippen molar-refractivity contribution in [1.29, 1.82) is 0 Å². The molecule has 0 radical (unpaired) electrons. The fourth-order valence-electron chi connectivity index (χ4n) is 1.98. The maximum atomic E-state index is 5.25. The minimum Gasteiger partial charge on any atom is -0.497 e. The fraction of sp³-hybridized carbons (Fsp3) is 0.133. The van der Waals surface area contributed by atoms with E-state index in [1.165, 1.54) is 10.3 Å². The largest absolute Gasteiger partial charge is 0.497 e. The van der Waals surface area contributed by atoms with Crippen LogP contribution in [0, 0.1) is 6.92 Å². The predicted molar refractivity (Wildman–Crippen MR) is 88.3 cm³/mol. The zero-order valence-corrected chi connectivity index (χ0v) is 13.5. The van der Waals surface area contributed by atoms with Gasteiger partial charge in [-0.05, 0) is 46.6 Å². The molecule has 1 heterocycles. The molecule has 0 aliphatic carbocycles. The highest BCUT2D eigenvalue weighted by Crippen LogP contribution is 2.34. The second kappa shape index (κ2) is 5.42. The minimum atomic E-state index is 0.813. The molecule has 102 valence electrons. The van der Waals surface area contributed by atoms with Crippen LogP contribution in [0.3, 0.4) is 0 Å². The Morgan fingerprint density at radius 1 is 1.25 bits per heavy atom. The molecule has 1 aromatic heterocycles. The van der Waals surface area contributed by atoms with Crippen LogP contribution in [0.2, 0.25) is 0 Å². The van der Waals surface area contributed by atoms with Crippen LogP contribution < -0.4 is 10.1 Å². The van der Waals surface area contributed by atoms with Gasteiger partial charge in [-0.2, -0.15) is 0 Å². The van der Waals surface area contributed by atoms with Gasteiger partial charge in [-0.15, -0.1) is 0 Å². The fourth-order valence-corrected chi connectivity index (χ4v) is 3.28. The molecule has 3 aromatic rings. The van der Waals surface area contributed by atoms with E-state index in [1.54, 1.807) is 18.4 Å². The van der Waals surface area contributed by atoms with Gasteiger partial charge in [-0.1, -0.05) is 23.5 Å². The van der Waals surface area contributed by atoms with Gasteiger partial charge >= 0.3 is 0 Å². The number of hydrogen-bond donors (Lipinski definition) is 1. The van der Waals surface area contributed by atoms with Crippen LogP contribution in [-0.2, 0) is 0 Å². The molecule has 0 saturated heterocycles. The second-order valence-corrected chi connectivity index (χ2v) is 6.30. The van der Waals surface area contributed by atoms with E-state index in [2.05, 4.69) is 51.4 Å². The molecule has 1 N–H and O–H groups in total. The van der Waals surface area contributed by atoms with E-state index in [-0.39, 0.29) is 0 Å². The monoisotopic (exact) mass is 348 g/mol. The summed E-state index contributed by atoms with van der Waals surface area (Å²) in [7, 11) is 1.66. The van der Waals surface area contributed by atoms with Crippen LogP contribution in [0.5, 0.6) is 5.75 Å². The average molecular weight is 349 g/mol. The van der Waals surface area contributed by atoms with E-state index in [1.807, 2.05) is 18.2 Å². The first-order chi connectivity index (χ1) is 9.67. The zero-order chi connectivity index (χ0) is 14.1. The van der Waals surface area contributed by atoms with Crippen LogP contribution in [-0.4, -0.2) is 12.1 Å². The van der Waals surface area contributed by atoms with Gasteiger partial charge in [0.25, 0.3) is 0 Å². The molecule has 0 aliphatic heterocycles. The SMILES string of the molecule is COc1ccc(Br)c(Nc2nc3c(C)cccc3s2)c1. The lowest BCUT2D eigenvalue weighted by Gasteiger charge is -2.07. The average Bonchev–Trinajstić information content (AvgIpc) is 2.85. The molecule has 0 bridgehead atoms. The first-order valence-corrected chi connectivity index (χ1v) is 7.75. The van der Waals surface area contributed by atoms with Crippen molar-refractivity contribution in [1.82, 2.24) is 4.98 Å². The van der Waals surface area contributed by atoms with Crippen molar-refractivity contribution in [2.75, 3.05) is 12.4 Å². The summed E-state index contributed by atoms with van der Waals surface area (Å²) in [6.45, 7) is 2.08. The molecule has 20 heavy (non-hydrogen) atoms. The Bertz CT molecular complexity index is 770. The molecule has 0 amide bonds. The van der Waals surface area contributed by atoms with Gasteiger partial charge in [-0.25, -0.2) is 4.98 Å². The lowest BCUT2D eigenvalue weighted by atomic mass is 10.2. The Labute approximate surface area is 129 Å². The summed E-state index contributed by atoms with van der Waals surface area (Å²) in [5.41, 5.74) is 3.19. The molecule has 5 heteroatoms. The number of thiazole rings is 1. The highest BCUT2D eigenvalue weighted by atomic mass is 79.9. The maximum Gasteiger partial charge on any atom is 0.188 e. The van der Waals surface area contributed by atoms with Crippen LogP contribution in [0.4, 0.5) is 10.8 Å². The Kier molecular flexibility index (Phi) is 3.63. The lowest BCUT2D eigenvalue weighted by Crippen LogP contribution is -1.92. The number of nitrogens with zero attached hydrogens (tertiary/aromatic N) is 1. The first-order valence-electron chi connectivity index (χ1n) is 6.14. The van der Waals surface area contributed by atoms with Crippen molar-refractivity contribution in [3.63, 3.8) is 0 Å². The number of nitrogens with one attached hydrogen (secondary N) is 1. The Morgan fingerprint density at radius 2 is 2.10 bits per heavy atom. The summed E-state index contributed by atoms with van der Waals surface area (Å²) in [4.78, 5) is 4.65. The Morgan fingerprint density at radius 3 is 2.85 bits per heavy atom. The molecule has 0 atom stereocenters.